The van der Waals surface area contributed by atoms with E-state index in [0.717, 1.165) is 32.4 Å². The third-order valence-corrected chi connectivity index (χ3v) is 3.92. The molecule has 0 radical (unpaired) electrons. The summed E-state index contributed by atoms with van der Waals surface area (Å²) < 4.78 is 1.88. The lowest BCUT2D eigenvalue weighted by Gasteiger charge is -2.27. The van der Waals surface area contributed by atoms with E-state index in [1.807, 2.05) is 11.7 Å². The van der Waals surface area contributed by atoms with Crippen molar-refractivity contribution in [1.29, 1.82) is 0 Å². The first-order valence-corrected chi connectivity index (χ1v) is 7.11. The van der Waals surface area contributed by atoms with Gasteiger partial charge in [-0.3, -0.25) is 4.68 Å². The van der Waals surface area contributed by atoms with Crippen LogP contribution < -0.4 is 5.32 Å². The summed E-state index contributed by atoms with van der Waals surface area (Å²) in [6.45, 7) is 3.91. The molecule has 4 heteroatoms. The summed E-state index contributed by atoms with van der Waals surface area (Å²) in [5, 5.41) is 17.8. The van der Waals surface area contributed by atoms with E-state index in [1.165, 1.54) is 24.1 Å². The summed E-state index contributed by atoms with van der Waals surface area (Å²) in [7, 11) is 1.97. The Kier molecular flexibility index (Phi) is 4.78. The maximum absolute atomic E-state index is 9.91. The van der Waals surface area contributed by atoms with Gasteiger partial charge in [-0.2, -0.15) is 5.10 Å². The van der Waals surface area contributed by atoms with E-state index >= 15 is 0 Å². The van der Waals surface area contributed by atoms with Gasteiger partial charge in [0, 0.05) is 31.9 Å². The summed E-state index contributed by atoms with van der Waals surface area (Å²) in [5.41, 5.74) is 2.46. The molecule has 2 rings (SSSR count). The third-order valence-electron chi connectivity index (χ3n) is 3.92. The monoisotopic (exact) mass is 251 g/mol. The fourth-order valence-electron chi connectivity index (χ4n) is 2.85. The summed E-state index contributed by atoms with van der Waals surface area (Å²) in [6.07, 6.45) is 7.52. The van der Waals surface area contributed by atoms with Crippen molar-refractivity contribution in [3.05, 3.63) is 17.5 Å². The largest absolute Gasteiger partial charge is 0.393 e. The number of aryl methyl sites for hydroxylation is 2. The normalized spacial score (nSPS) is 24.4. The molecule has 0 amide bonds. The molecule has 1 fully saturated rings. The molecule has 1 aliphatic rings. The van der Waals surface area contributed by atoms with Crippen molar-refractivity contribution in [3.8, 4) is 0 Å². The zero-order chi connectivity index (χ0) is 13.0. The minimum Gasteiger partial charge on any atom is -0.393 e. The SMILES string of the molecule is CCc1nn(C)cc1CNCC1CCCCC1O. The first-order chi connectivity index (χ1) is 8.70. The number of rotatable bonds is 5. The summed E-state index contributed by atoms with van der Waals surface area (Å²) in [6, 6.07) is 0. The van der Waals surface area contributed by atoms with Crippen LogP contribution in [0.2, 0.25) is 0 Å². The fraction of sp³-hybridized carbons (Fsp3) is 0.786. The highest BCUT2D eigenvalue weighted by Crippen LogP contribution is 2.23. The number of hydrogen-bond acceptors (Lipinski definition) is 3. The molecule has 1 aliphatic carbocycles. The Bertz CT molecular complexity index is 375. The van der Waals surface area contributed by atoms with Gasteiger partial charge in [-0.25, -0.2) is 0 Å². The molecule has 2 atom stereocenters. The van der Waals surface area contributed by atoms with Gasteiger partial charge in [-0.05, 0) is 25.2 Å². The maximum Gasteiger partial charge on any atom is 0.0666 e. The molecule has 102 valence electrons. The number of aliphatic hydroxyl groups excluding tert-OH is 1. The standard InChI is InChI=1S/C14H25N3O/c1-3-13-12(10-17(2)16-13)9-15-8-11-6-4-5-7-14(11)18/h10-11,14-15,18H,3-9H2,1-2H3. The Morgan fingerprint density at radius 1 is 1.44 bits per heavy atom. The first-order valence-electron chi connectivity index (χ1n) is 7.11. The minimum atomic E-state index is -0.106. The van der Waals surface area contributed by atoms with E-state index in [-0.39, 0.29) is 6.10 Å². The second-order valence-corrected chi connectivity index (χ2v) is 5.37. The highest BCUT2D eigenvalue weighted by Gasteiger charge is 2.22. The third kappa shape index (κ3) is 3.33. The molecule has 0 bridgehead atoms. The Labute approximate surface area is 109 Å². The number of aromatic nitrogens is 2. The molecule has 1 aromatic heterocycles. The van der Waals surface area contributed by atoms with Crippen molar-refractivity contribution in [2.24, 2.45) is 13.0 Å². The highest BCUT2D eigenvalue weighted by molar-refractivity contribution is 5.16. The molecule has 1 saturated carbocycles. The summed E-state index contributed by atoms with van der Waals surface area (Å²) >= 11 is 0. The van der Waals surface area contributed by atoms with E-state index in [2.05, 4.69) is 23.5 Å². The van der Waals surface area contributed by atoms with Gasteiger partial charge in [-0.15, -0.1) is 0 Å². The number of hydrogen-bond donors (Lipinski definition) is 2. The zero-order valence-corrected chi connectivity index (χ0v) is 11.5. The van der Waals surface area contributed by atoms with Gasteiger partial charge in [0.15, 0.2) is 0 Å². The van der Waals surface area contributed by atoms with Crippen LogP contribution in [0.5, 0.6) is 0 Å². The van der Waals surface area contributed by atoms with E-state index in [1.54, 1.807) is 0 Å². The van der Waals surface area contributed by atoms with Gasteiger partial charge in [0.05, 0.1) is 11.8 Å². The van der Waals surface area contributed by atoms with Crippen molar-refractivity contribution in [2.75, 3.05) is 6.54 Å². The average Bonchev–Trinajstić information content (AvgIpc) is 2.72. The molecule has 1 aromatic rings. The topological polar surface area (TPSA) is 50.1 Å². The van der Waals surface area contributed by atoms with Gasteiger partial charge in [0.1, 0.15) is 0 Å². The lowest BCUT2D eigenvalue weighted by Crippen LogP contribution is -2.33. The van der Waals surface area contributed by atoms with Gasteiger partial charge >= 0.3 is 0 Å². The van der Waals surface area contributed by atoms with E-state index in [4.69, 9.17) is 0 Å². The van der Waals surface area contributed by atoms with E-state index in [0.29, 0.717) is 5.92 Å². The number of nitrogens with zero attached hydrogens (tertiary/aromatic N) is 2. The lowest BCUT2D eigenvalue weighted by molar-refractivity contribution is 0.0695. The van der Waals surface area contributed by atoms with Crippen LogP contribution in [0.15, 0.2) is 6.20 Å². The van der Waals surface area contributed by atoms with Crippen molar-refractivity contribution < 1.29 is 5.11 Å². The highest BCUT2D eigenvalue weighted by atomic mass is 16.3. The zero-order valence-electron chi connectivity index (χ0n) is 11.5. The van der Waals surface area contributed by atoms with E-state index < -0.39 is 0 Å². The molecule has 2 unspecified atom stereocenters. The number of nitrogens with one attached hydrogen (secondary N) is 1. The predicted octanol–water partition coefficient (Wildman–Crippen LogP) is 1.62. The Hall–Kier alpha value is -0.870. The molecular formula is C14H25N3O. The fourth-order valence-corrected chi connectivity index (χ4v) is 2.85. The van der Waals surface area contributed by atoms with Gasteiger partial charge < -0.3 is 10.4 Å². The van der Waals surface area contributed by atoms with Crippen molar-refractivity contribution in [2.45, 2.75) is 51.7 Å². The number of aliphatic hydroxyl groups is 1. The van der Waals surface area contributed by atoms with Gasteiger partial charge in [-0.1, -0.05) is 19.8 Å². The molecule has 2 N–H and O–H groups in total. The Morgan fingerprint density at radius 2 is 2.22 bits per heavy atom. The molecule has 1 heterocycles. The second kappa shape index (κ2) is 6.34. The summed E-state index contributed by atoms with van der Waals surface area (Å²) in [4.78, 5) is 0. The maximum atomic E-state index is 9.91. The van der Waals surface area contributed by atoms with Gasteiger partial charge in [0.2, 0.25) is 0 Å². The van der Waals surface area contributed by atoms with Crippen LogP contribution >= 0.6 is 0 Å². The quantitative estimate of drug-likeness (QED) is 0.836. The minimum absolute atomic E-state index is 0.106. The summed E-state index contributed by atoms with van der Waals surface area (Å²) in [5.74, 6) is 0.431. The molecule has 0 spiro atoms. The Balaban J connectivity index is 1.80. The van der Waals surface area contributed by atoms with Crippen molar-refractivity contribution in [3.63, 3.8) is 0 Å². The first kappa shape index (κ1) is 13.6. The van der Waals surface area contributed by atoms with Crippen LogP contribution in [-0.4, -0.2) is 27.5 Å². The second-order valence-electron chi connectivity index (χ2n) is 5.37. The van der Waals surface area contributed by atoms with Crippen LogP contribution in [0.25, 0.3) is 0 Å². The molecule has 4 nitrogen and oxygen atoms in total. The predicted molar refractivity (Wildman–Crippen MR) is 72.3 cm³/mol. The lowest BCUT2D eigenvalue weighted by atomic mass is 9.86. The van der Waals surface area contributed by atoms with E-state index in [9.17, 15) is 5.11 Å². The molecular weight excluding hydrogens is 226 g/mol. The van der Waals surface area contributed by atoms with Crippen molar-refractivity contribution in [1.82, 2.24) is 15.1 Å². The molecule has 18 heavy (non-hydrogen) atoms. The Morgan fingerprint density at radius 3 is 2.94 bits per heavy atom. The van der Waals surface area contributed by atoms with Crippen LogP contribution in [0.4, 0.5) is 0 Å². The van der Waals surface area contributed by atoms with Crippen molar-refractivity contribution >= 4 is 0 Å². The molecule has 0 aromatic carbocycles. The molecule has 0 saturated heterocycles. The smallest absolute Gasteiger partial charge is 0.0666 e. The van der Waals surface area contributed by atoms with Crippen LogP contribution in [0, 0.1) is 5.92 Å². The van der Waals surface area contributed by atoms with Gasteiger partial charge in [0.25, 0.3) is 0 Å². The van der Waals surface area contributed by atoms with Crippen LogP contribution in [0.3, 0.4) is 0 Å². The van der Waals surface area contributed by atoms with Crippen LogP contribution in [0.1, 0.15) is 43.9 Å². The van der Waals surface area contributed by atoms with Crippen LogP contribution in [-0.2, 0) is 20.0 Å². The average molecular weight is 251 g/mol. The molecule has 0 aliphatic heterocycles.